The lowest BCUT2D eigenvalue weighted by atomic mass is 10.0. The number of urea groups is 1. The number of amides is 3. The van der Waals surface area contributed by atoms with Gasteiger partial charge in [-0.3, -0.25) is 10.1 Å². The lowest BCUT2D eigenvalue weighted by Crippen LogP contribution is -2.45. The van der Waals surface area contributed by atoms with Gasteiger partial charge in [0.1, 0.15) is 0 Å². The maximum absolute atomic E-state index is 12.1. The molecule has 1 atom stereocenters. The van der Waals surface area contributed by atoms with Crippen molar-refractivity contribution in [1.82, 2.24) is 10.6 Å². The maximum atomic E-state index is 12.1. The summed E-state index contributed by atoms with van der Waals surface area (Å²) in [5.41, 5.74) is 0.526. The molecule has 1 saturated carbocycles. The van der Waals surface area contributed by atoms with Gasteiger partial charge in [0, 0.05) is 11.1 Å². The van der Waals surface area contributed by atoms with E-state index in [-0.39, 0.29) is 27.5 Å². The number of hydrogen-bond donors (Lipinski definition) is 2. The summed E-state index contributed by atoms with van der Waals surface area (Å²) in [5.74, 6) is -0.194. The Kier molecular flexibility index (Phi) is 4.71. The van der Waals surface area contributed by atoms with Crippen LogP contribution >= 0.6 is 23.2 Å². The monoisotopic (exact) mass is 356 g/mol. The van der Waals surface area contributed by atoms with Crippen molar-refractivity contribution in [2.24, 2.45) is 16.7 Å². The van der Waals surface area contributed by atoms with Gasteiger partial charge in [-0.05, 0) is 41.9 Å². The van der Waals surface area contributed by atoms with E-state index in [2.05, 4.69) is 38.3 Å². The summed E-state index contributed by atoms with van der Waals surface area (Å²) in [7, 11) is 0. The third kappa shape index (κ3) is 3.33. The first kappa shape index (κ1) is 18.1. The Morgan fingerprint density at radius 1 is 1.13 bits per heavy atom. The van der Waals surface area contributed by atoms with E-state index in [1.807, 2.05) is 6.92 Å². The smallest absolute Gasteiger partial charge is 0.321 e. The van der Waals surface area contributed by atoms with Gasteiger partial charge in [-0.15, -0.1) is 0 Å². The second-order valence-corrected chi connectivity index (χ2v) is 8.11. The van der Waals surface area contributed by atoms with Gasteiger partial charge >= 0.3 is 6.03 Å². The summed E-state index contributed by atoms with van der Waals surface area (Å²) < 4.78 is 0. The molecule has 0 saturated heterocycles. The minimum atomic E-state index is -0.550. The van der Waals surface area contributed by atoms with E-state index in [1.165, 1.54) is 12.1 Å². The highest BCUT2D eigenvalue weighted by atomic mass is 35.5. The van der Waals surface area contributed by atoms with Gasteiger partial charge in [0.05, 0.1) is 10.6 Å². The Morgan fingerprint density at radius 3 is 2.17 bits per heavy atom. The molecule has 23 heavy (non-hydrogen) atoms. The molecule has 0 unspecified atom stereocenters. The fraction of sp³-hybridized carbons (Fsp3) is 0.529. The molecule has 1 fully saturated rings. The SMILES string of the molecule is C[C@@H](NC(=O)NC(=O)c1ccc(Cl)cc1Cl)C1C(C)(C)C1(C)C. The summed E-state index contributed by atoms with van der Waals surface area (Å²) in [6, 6.07) is 3.95. The van der Waals surface area contributed by atoms with E-state index >= 15 is 0 Å². The van der Waals surface area contributed by atoms with Crippen LogP contribution in [0.2, 0.25) is 10.0 Å². The van der Waals surface area contributed by atoms with E-state index in [4.69, 9.17) is 23.2 Å². The van der Waals surface area contributed by atoms with Gasteiger partial charge < -0.3 is 5.32 Å². The van der Waals surface area contributed by atoms with E-state index in [1.54, 1.807) is 6.07 Å². The zero-order chi connectivity index (χ0) is 17.6. The van der Waals surface area contributed by atoms with Crippen LogP contribution in [-0.2, 0) is 0 Å². The first-order chi connectivity index (χ1) is 10.5. The highest BCUT2D eigenvalue weighted by Crippen LogP contribution is 2.69. The fourth-order valence-electron chi connectivity index (χ4n) is 3.67. The van der Waals surface area contributed by atoms with Gasteiger partial charge in [0.2, 0.25) is 0 Å². The normalized spacial score (nSPS) is 19.8. The predicted octanol–water partition coefficient (Wildman–Crippen LogP) is 4.50. The van der Waals surface area contributed by atoms with Gasteiger partial charge in [0.15, 0.2) is 0 Å². The van der Waals surface area contributed by atoms with E-state index < -0.39 is 11.9 Å². The topological polar surface area (TPSA) is 58.2 Å². The summed E-state index contributed by atoms with van der Waals surface area (Å²) in [5, 5.41) is 5.79. The molecule has 1 aromatic rings. The van der Waals surface area contributed by atoms with E-state index in [9.17, 15) is 9.59 Å². The number of halogens is 2. The van der Waals surface area contributed by atoms with Gasteiger partial charge in [-0.2, -0.15) is 0 Å². The Bertz CT molecular complexity index is 642. The average molecular weight is 357 g/mol. The molecule has 0 spiro atoms. The van der Waals surface area contributed by atoms with Gasteiger partial charge in [-0.25, -0.2) is 4.79 Å². The van der Waals surface area contributed by atoms with Crippen molar-refractivity contribution in [2.45, 2.75) is 40.7 Å². The number of benzene rings is 1. The van der Waals surface area contributed by atoms with Crippen molar-refractivity contribution in [1.29, 1.82) is 0 Å². The van der Waals surface area contributed by atoms with Crippen molar-refractivity contribution in [3.8, 4) is 0 Å². The molecule has 126 valence electrons. The Labute approximate surface area is 146 Å². The summed E-state index contributed by atoms with van der Waals surface area (Å²) in [6.07, 6.45) is 0. The van der Waals surface area contributed by atoms with Crippen LogP contribution in [0.25, 0.3) is 0 Å². The second-order valence-electron chi connectivity index (χ2n) is 7.26. The summed E-state index contributed by atoms with van der Waals surface area (Å²) >= 11 is 11.8. The first-order valence-corrected chi connectivity index (χ1v) is 8.31. The lowest BCUT2D eigenvalue weighted by Gasteiger charge is -2.16. The predicted molar refractivity (Wildman–Crippen MR) is 93.0 cm³/mol. The molecule has 6 heteroatoms. The fourth-order valence-corrected chi connectivity index (χ4v) is 4.16. The minimum absolute atomic E-state index is 0.0338. The van der Waals surface area contributed by atoms with Crippen molar-refractivity contribution < 1.29 is 9.59 Å². The van der Waals surface area contributed by atoms with Crippen LogP contribution in [0.15, 0.2) is 18.2 Å². The molecule has 0 bridgehead atoms. The Morgan fingerprint density at radius 2 is 1.70 bits per heavy atom. The van der Waals surface area contributed by atoms with Crippen molar-refractivity contribution >= 4 is 35.1 Å². The molecule has 0 heterocycles. The molecule has 0 aromatic heterocycles. The quantitative estimate of drug-likeness (QED) is 0.837. The average Bonchev–Trinajstić information content (AvgIpc) is 2.78. The van der Waals surface area contributed by atoms with Crippen LogP contribution in [0, 0.1) is 16.7 Å². The number of imide groups is 1. The molecule has 2 rings (SSSR count). The van der Waals surface area contributed by atoms with Crippen molar-refractivity contribution in [3.63, 3.8) is 0 Å². The van der Waals surface area contributed by atoms with E-state index in [0.717, 1.165) is 0 Å². The maximum Gasteiger partial charge on any atom is 0.321 e. The first-order valence-electron chi connectivity index (χ1n) is 7.55. The second kappa shape index (κ2) is 5.99. The Balaban J connectivity index is 1.96. The van der Waals surface area contributed by atoms with Crippen LogP contribution in [0.4, 0.5) is 4.79 Å². The minimum Gasteiger partial charge on any atom is -0.335 e. The highest BCUT2D eigenvalue weighted by Gasteiger charge is 2.66. The van der Waals surface area contributed by atoms with Crippen LogP contribution < -0.4 is 10.6 Å². The number of nitrogens with one attached hydrogen (secondary N) is 2. The van der Waals surface area contributed by atoms with Crippen LogP contribution in [-0.4, -0.2) is 18.0 Å². The van der Waals surface area contributed by atoms with Crippen molar-refractivity contribution in [2.75, 3.05) is 0 Å². The number of hydrogen-bond acceptors (Lipinski definition) is 2. The molecule has 0 aliphatic heterocycles. The number of carbonyl (C=O) groups is 2. The van der Waals surface area contributed by atoms with E-state index in [0.29, 0.717) is 10.9 Å². The molecular formula is C17H22Cl2N2O2. The molecule has 4 nitrogen and oxygen atoms in total. The summed E-state index contributed by atoms with van der Waals surface area (Å²) in [4.78, 5) is 24.2. The Hall–Kier alpha value is -1.26. The molecule has 1 aliphatic rings. The third-order valence-corrected chi connectivity index (χ3v) is 5.94. The largest absolute Gasteiger partial charge is 0.335 e. The molecule has 1 aromatic carbocycles. The highest BCUT2D eigenvalue weighted by molar-refractivity contribution is 6.37. The standard InChI is InChI=1S/C17H22Cl2N2O2/c1-9(13-16(2,3)17(13,4)5)20-15(23)21-14(22)11-7-6-10(18)8-12(11)19/h6-9,13H,1-5H3,(H2,20,21,22,23)/t9-/m1/s1. The molecule has 2 N–H and O–H groups in total. The molecule has 0 radical (unpaired) electrons. The molecule has 3 amide bonds. The van der Waals surface area contributed by atoms with Crippen LogP contribution in [0.5, 0.6) is 0 Å². The van der Waals surface area contributed by atoms with Crippen LogP contribution in [0.1, 0.15) is 45.0 Å². The number of rotatable bonds is 3. The zero-order valence-electron chi connectivity index (χ0n) is 14.0. The van der Waals surface area contributed by atoms with Crippen molar-refractivity contribution in [3.05, 3.63) is 33.8 Å². The van der Waals surface area contributed by atoms with Gasteiger partial charge in [0.25, 0.3) is 5.91 Å². The third-order valence-electron chi connectivity index (χ3n) is 5.39. The zero-order valence-corrected chi connectivity index (χ0v) is 15.5. The summed E-state index contributed by atoms with van der Waals surface area (Å²) in [6.45, 7) is 10.7. The number of carbonyl (C=O) groups excluding carboxylic acids is 2. The van der Waals surface area contributed by atoms with Gasteiger partial charge in [-0.1, -0.05) is 50.9 Å². The van der Waals surface area contributed by atoms with Crippen LogP contribution in [0.3, 0.4) is 0 Å². The lowest BCUT2D eigenvalue weighted by molar-refractivity contribution is 0.0963. The molecule has 1 aliphatic carbocycles. The molecular weight excluding hydrogens is 335 g/mol.